The summed E-state index contributed by atoms with van der Waals surface area (Å²) in [5, 5.41) is 0. The van der Waals surface area contributed by atoms with Gasteiger partial charge in [0.15, 0.2) is 5.41 Å². The Morgan fingerprint density at radius 2 is 1.08 bits per heavy atom. The van der Waals surface area contributed by atoms with Crippen LogP contribution in [0.3, 0.4) is 0 Å². The highest BCUT2D eigenvalue weighted by atomic mass is 16.6. The van der Waals surface area contributed by atoms with Gasteiger partial charge in [0.1, 0.15) is 13.2 Å². The van der Waals surface area contributed by atoms with Crippen LogP contribution in [0.2, 0.25) is 0 Å². The molecule has 0 N–H and O–H groups in total. The highest BCUT2D eigenvalue weighted by Crippen LogP contribution is 2.88. The van der Waals surface area contributed by atoms with Crippen molar-refractivity contribution < 1.29 is 38.0 Å². The van der Waals surface area contributed by atoms with Gasteiger partial charge in [0.05, 0.1) is 39.6 Å². The Hall–Kier alpha value is -1.74. The molecule has 0 saturated heterocycles. The van der Waals surface area contributed by atoms with Gasteiger partial charge in [-0.25, -0.2) is 0 Å². The van der Waals surface area contributed by atoms with Gasteiger partial charge in [0, 0.05) is 14.2 Å². The van der Waals surface area contributed by atoms with Crippen LogP contribution in [-0.2, 0) is 38.0 Å². The molecule has 0 amide bonds. The molecule has 286 valence electrons. The van der Waals surface area contributed by atoms with Crippen LogP contribution in [0.15, 0.2) is 22.3 Å². The SMILES string of the molecule is COCCOCCOC(=O)C1(C(=O)OCCOCCOC)C2C3CC4CC5CC6CCC7CC8CC9CC(C%10C3C3=C4C5=C4C6C7C5C4C3C%10C9C85)C21. The maximum Gasteiger partial charge on any atom is 0.324 e. The van der Waals surface area contributed by atoms with Crippen molar-refractivity contribution >= 4 is 11.9 Å². The molecule has 0 radical (unpaired) electrons. The van der Waals surface area contributed by atoms with Gasteiger partial charge in [-0.15, -0.1) is 0 Å². The lowest BCUT2D eigenvalue weighted by atomic mass is 9.46. The van der Waals surface area contributed by atoms with E-state index in [1.165, 1.54) is 51.4 Å². The number of ether oxygens (including phenoxy) is 6. The Morgan fingerprint density at radius 3 is 1.77 bits per heavy atom. The van der Waals surface area contributed by atoms with Crippen molar-refractivity contribution in [1.29, 1.82) is 0 Å². The first-order valence-electron chi connectivity index (χ1n) is 22.1. The number of rotatable bonds is 14. The minimum atomic E-state index is -1.20. The molecular formula is C45H58O8. The monoisotopic (exact) mass is 726 g/mol. The Balaban J connectivity index is 0.913. The van der Waals surface area contributed by atoms with Crippen molar-refractivity contribution in [2.24, 2.45) is 124 Å². The van der Waals surface area contributed by atoms with Crippen LogP contribution >= 0.6 is 0 Å². The normalized spacial score (nSPS) is 52.8. The van der Waals surface area contributed by atoms with Crippen LogP contribution in [0.5, 0.6) is 0 Å². The molecule has 10 fully saturated rings. The van der Waals surface area contributed by atoms with Crippen LogP contribution in [0.4, 0.5) is 0 Å². The van der Waals surface area contributed by atoms with Crippen molar-refractivity contribution in [1.82, 2.24) is 0 Å². The first-order valence-corrected chi connectivity index (χ1v) is 22.1. The van der Waals surface area contributed by atoms with Gasteiger partial charge in [0.25, 0.3) is 0 Å². The number of carbonyl (C=O) groups is 2. The smallest absolute Gasteiger partial charge is 0.324 e. The second kappa shape index (κ2) is 11.2. The van der Waals surface area contributed by atoms with E-state index in [9.17, 15) is 9.59 Å². The van der Waals surface area contributed by atoms with Gasteiger partial charge in [-0.05, 0) is 181 Å². The summed E-state index contributed by atoms with van der Waals surface area (Å²) in [5.74, 6) is 13.4. The topological polar surface area (TPSA) is 89.5 Å². The van der Waals surface area contributed by atoms with Crippen LogP contribution in [0, 0.1) is 124 Å². The van der Waals surface area contributed by atoms with Gasteiger partial charge in [-0.3, -0.25) is 9.59 Å². The molecule has 0 spiro atoms. The summed E-state index contributed by atoms with van der Waals surface area (Å²) in [7, 11) is 3.31. The van der Waals surface area contributed by atoms with E-state index in [0.29, 0.717) is 69.2 Å². The Bertz CT molecular complexity index is 1670. The largest absolute Gasteiger partial charge is 0.462 e. The molecule has 13 aliphatic carbocycles. The van der Waals surface area contributed by atoms with E-state index in [4.69, 9.17) is 28.4 Å². The van der Waals surface area contributed by atoms with E-state index < -0.39 is 5.41 Å². The van der Waals surface area contributed by atoms with Crippen molar-refractivity contribution in [3.8, 4) is 0 Å². The third-order valence-corrected chi connectivity index (χ3v) is 19.6. The molecule has 0 aliphatic heterocycles. The van der Waals surface area contributed by atoms with Crippen molar-refractivity contribution in [2.75, 3.05) is 67.1 Å². The molecule has 10 saturated carbocycles. The molecule has 8 nitrogen and oxygen atoms in total. The average Bonchev–Trinajstić information content (AvgIpc) is 3.46. The van der Waals surface area contributed by atoms with Gasteiger partial charge < -0.3 is 28.4 Å². The van der Waals surface area contributed by atoms with E-state index in [1.807, 2.05) is 16.7 Å². The molecule has 8 heteroatoms. The van der Waals surface area contributed by atoms with Crippen LogP contribution in [0.25, 0.3) is 0 Å². The molecule has 0 aromatic heterocycles. The zero-order valence-corrected chi connectivity index (χ0v) is 31.6. The zero-order chi connectivity index (χ0) is 35.1. The number of carbonyl (C=O) groups excluding carboxylic acids is 2. The lowest BCUT2D eigenvalue weighted by Gasteiger charge is -2.58. The maximum atomic E-state index is 14.8. The molecule has 0 aromatic carbocycles. The maximum absolute atomic E-state index is 14.8. The first kappa shape index (κ1) is 32.4. The molecule has 13 rings (SSSR count). The number of allylic oxidation sites excluding steroid dienone is 4. The second-order valence-electron chi connectivity index (χ2n) is 20.5. The number of fused-ring (bicyclic) bond motifs is 3. The third kappa shape index (κ3) is 3.73. The quantitative estimate of drug-likeness (QED) is 0.130. The lowest BCUT2D eigenvalue weighted by molar-refractivity contribution is -0.169. The third-order valence-electron chi connectivity index (χ3n) is 19.6. The summed E-state index contributed by atoms with van der Waals surface area (Å²) in [5.41, 5.74) is 6.69. The van der Waals surface area contributed by atoms with E-state index in [2.05, 4.69) is 5.57 Å². The van der Waals surface area contributed by atoms with Gasteiger partial charge in [0.2, 0.25) is 0 Å². The summed E-state index contributed by atoms with van der Waals surface area (Å²) >= 11 is 0. The van der Waals surface area contributed by atoms with Gasteiger partial charge >= 0.3 is 11.9 Å². The highest BCUT2D eigenvalue weighted by molar-refractivity contribution is 6.05. The second-order valence-corrected chi connectivity index (χ2v) is 20.5. The molecule has 53 heavy (non-hydrogen) atoms. The number of esters is 2. The van der Waals surface area contributed by atoms with Crippen molar-refractivity contribution in [3.63, 3.8) is 0 Å². The van der Waals surface area contributed by atoms with E-state index >= 15 is 0 Å². The van der Waals surface area contributed by atoms with Crippen LogP contribution < -0.4 is 0 Å². The Labute approximate surface area is 313 Å². The number of hydrogen-bond acceptors (Lipinski definition) is 8. The predicted octanol–water partition coefficient (Wildman–Crippen LogP) is 5.60. The molecule has 20 unspecified atom stereocenters. The van der Waals surface area contributed by atoms with Crippen molar-refractivity contribution in [2.45, 2.75) is 51.4 Å². The summed E-state index contributed by atoms with van der Waals surface area (Å²) in [6.07, 6.45) is 11.1. The first-order chi connectivity index (χ1) is 26.1. The fourth-order valence-corrected chi connectivity index (χ4v) is 19.5. The fourth-order valence-electron chi connectivity index (χ4n) is 19.5. The van der Waals surface area contributed by atoms with Gasteiger partial charge in [-0.2, -0.15) is 0 Å². The summed E-state index contributed by atoms with van der Waals surface area (Å²) < 4.78 is 34.0. The molecular weight excluding hydrogens is 668 g/mol. The van der Waals surface area contributed by atoms with Crippen molar-refractivity contribution in [3.05, 3.63) is 22.3 Å². The lowest BCUT2D eigenvalue weighted by Crippen LogP contribution is -2.54. The molecule has 0 bridgehead atoms. The molecule has 13 aliphatic rings. The number of methoxy groups -OCH3 is 2. The van der Waals surface area contributed by atoms with Gasteiger partial charge in [-0.1, -0.05) is 11.1 Å². The fraction of sp³-hybridized carbons (Fsp3) is 0.867. The van der Waals surface area contributed by atoms with Crippen LogP contribution in [0.1, 0.15) is 51.4 Å². The Kier molecular flexibility index (Phi) is 6.85. The molecule has 20 atom stereocenters. The van der Waals surface area contributed by atoms with E-state index in [0.717, 1.165) is 76.9 Å². The highest BCUT2D eigenvalue weighted by Gasteiger charge is 2.88. The number of hydrogen-bond donors (Lipinski definition) is 0. The minimum Gasteiger partial charge on any atom is -0.462 e. The van der Waals surface area contributed by atoms with E-state index in [-0.39, 0.29) is 37.0 Å². The molecule has 0 heterocycles. The summed E-state index contributed by atoms with van der Waals surface area (Å²) in [6.45, 7) is 2.84. The Morgan fingerprint density at radius 1 is 0.509 bits per heavy atom. The predicted molar refractivity (Wildman–Crippen MR) is 191 cm³/mol. The molecule has 0 aromatic rings. The average molecular weight is 727 g/mol. The summed E-state index contributed by atoms with van der Waals surface area (Å²) in [4.78, 5) is 29.6. The summed E-state index contributed by atoms with van der Waals surface area (Å²) in [6, 6.07) is 0. The zero-order valence-electron chi connectivity index (χ0n) is 31.6. The standard InChI is InChI=1S/C45H58O8/c1-48-5-7-50-9-11-52-43(46)45(44(47)53-12-10-51-8-6-49-2)41-25-17-23-15-21-13-19-3-4-20-14-22-16-24-18-26(42(41)45)34-33(25)37-31(23)29(21)35-27(19)28(20)36-30(22)32(24)38(34)40(37)39(35)36/h19-29,31,33-35,37,39-42H,3-18H2,1-2H3. The minimum absolute atomic E-state index is 0.0260. The van der Waals surface area contributed by atoms with E-state index in [1.54, 1.807) is 14.2 Å². The van der Waals surface area contributed by atoms with Crippen LogP contribution in [-0.4, -0.2) is 79.0 Å².